The topological polar surface area (TPSA) is 104 Å². The Morgan fingerprint density at radius 1 is 1.00 bits per heavy atom. The fraction of sp³-hybridized carbons (Fsp3) is 0.250. The number of halogens is 6. The molecule has 0 aliphatic heterocycles. The monoisotopic (exact) mass is 462 g/mol. The van der Waals surface area contributed by atoms with Crippen molar-refractivity contribution in [2.45, 2.75) is 31.8 Å². The summed E-state index contributed by atoms with van der Waals surface area (Å²) < 4.78 is 81.0. The van der Waals surface area contributed by atoms with Gasteiger partial charge in [0.05, 0.1) is 16.8 Å². The lowest BCUT2D eigenvalue weighted by Crippen LogP contribution is -2.18. The quantitative estimate of drug-likeness (QED) is 0.442. The van der Waals surface area contributed by atoms with Crippen molar-refractivity contribution in [1.82, 2.24) is 9.97 Å². The Kier molecular flexibility index (Phi) is 7.29. The van der Waals surface area contributed by atoms with Gasteiger partial charge in [-0.15, -0.1) is 0 Å². The van der Waals surface area contributed by atoms with Crippen LogP contribution in [0.2, 0.25) is 0 Å². The zero-order valence-electron chi connectivity index (χ0n) is 16.2. The van der Waals surface area contributed by atoms with Gasteiger partial charge in [0.1, 0.15) is 11.8 Å². The second-order valence-electron chi connectivity index (χ2n) is 6.34. The number of carboxylic acid groups (broad SMARTS) is 2. The van der Waals surface area contributed by atoms with E-state index in [0.29, 0.717) is 6.07 Å². The Labute approximate surface area is 176 Å². The molecule has 0 radical (unpaired) electrons. The lowest BCUT2D eigenvalue weighted by atomic mass is 9.91. The first-order valence-electron chi connectivity index (χ1n) is 8.89. The van der Waals surface area contributed by atoms with Crippen LogP contribution in [0.1, 0.15) is 41.1 Å². The van der Waals surface area contributed by atoms with E-state index in [1.807, 2.05) is 0 Å². The van der Waals surface area contributed by atoms with Gasteiger partial charge >= 0.3 is 18.5 Å². The second-order valence-corrected chi connectivity index (χ2v) is 6.34. The number of aromatic nitrogens is 2. The first-order chi connectivity index (χ1) is 14.8. The van der Waals surface area contributed by atoms with Crippen molar-refractivity contribution < 1.29 is 46.5 Å². The zero-order valence-corrected chi connectivity index (χ0v) is 16.2. The molecule has 3 aromatic rings. The molecule has 0 amide bonds. The molecule has 2 heterocycles. The summed E-state index contributed by atoms with van der Waals surface area (Å²) in [6.07, 6.45) is -12.2. The van der Waals surface area contributed by atoms with Crippen molar-refractivity contribution in [2.24, 2.45) is 0 Å². The molecule has 0 aliphatic carbocycles. The molecule has 0 aliphatic rings. The van der Waals surface area contributed by atoms with Gasteiger partial charge in [-0.05, 0) is 30.2 Å². The van der Waals surface area contributed by atoms with Crippen LogP contribution in [0.4, 0.5) is 31.1 Å². The van der Waals surface area contributed by atoms with E-state index >= 15 is 0 Å². The summed E-state index contributed by atoms with van der Waals surface area (Å²) >= 11 is 0. The number of hydrogen-bond donors (Lipinski definition) is 3. The number of nitrogens with zero attached hydrogens (tertiary/aromatic N) is 2. The number of fused-ring (bicyclic) bond motifs is 1. The number of hydrogen-bond acceptors (Lipinski definition) is 4. The van der Waals surface area contributed by atoms with Crippen LogP contribution in [-0.4, -0.2) is 31.4 Å². The number of benzene rings is 1. The summed E-state index contributed by atoms with van der Waals surface area (Å²) in [6, 6.07) is 7.42. The molecule has 3 rings (SSSR count). The van der Waals surface area contributed by atoms with Crippen molar-refractivity contribution in [3.8, 4) is 0 Å². The molecule has 0 fully saturated rings. The van der Waals surface area contributed by atoms with Crippen LogP contribution in [0.15, 0.2) is 42.6 Å². The molecule has 172 valence electrons. The molecule has 0 saturated carbocycles. The highest BCUT2D eigenvalue weighted by molar-refractivity contribution is 5.87. The normalized spacial score (nSPS) is 12.8. The number of aliphatic hydroxyl groups excluding tert-OH is 1. The van der Waals surface area contributed by atoms with Crippen LogP contribution in [0.25, 0.3) is 10.9 Å². The van der Waals surface area contributed by atoms with Gasteiger partial charge in [0.15, 0.2) is 0 Å². The lowest BCUT2D eigenvalue weighted by molar-refractivity contribution is -0.142. The lowest BCUT2D eigenvalue weighted by Gasteiger charge is -2.22. The van der Waals surface area contributed by atoms with Gasteiger partial charge < -0.3 is 15.3 Å². The third-order valence-electron chi connectivity index (χ3n) is 4.33. The maximum atomic E-state index is 13.6. The largest absolute Gasteiger partial charge is 0.503 e. The zero-order chi connectivity index (χ0) is 24.3. The van der Waals surface area contributed by atoms with Crippen LogP contribution in [0.3, 0.4) is 0 Å². The van der Waals surface area contributed by atoms with Crippen molar-refractivity contribution in [2.75, 3.05) is 0 Å². The first-order valence-corrected chi connectivity index (χ1v) is 8.89. The Balaban J connectivity index is 0.000000837. The number of alkyl halides is 6. The summed E-state index contributed by atoms with van der Waals surface area (Å²) in [4.78, 5) is 15.8. The van der Waals surface area contributed by atoms with Crippen molar-refractivity contribution >= 4 is 17.1 Å². The average Bonchev–Trinajstić information content (AvgIpc) is 2.70. The van der Waals surface area contributed by atoms with E-state index in [9.17, 15) is 31.4 Å². The SMILES string of the molecule is CCc1c(C(F)(F)F)nc2c(C(F)(F)F)cccc2c1C(O)c1ccccn1.O=C(O)O. The molecule has 1 unspecified atom stereocenters. The summed E-state index contributed by atoms with van der Waals surface area (Å²) in [5, 5.41) is 24.5. The van der Waals surface area contributed by atoms with E-state index in [1.165, 1.54) is 31.3 Å². The standard InChI is InChI=1S/C19H14F6N2O.CH2O3/c1-2-10-14(16(28)13-8-3-4-9-26-13)11-6-5-7-12(18(20,21)22)15(11)27-17(10)19(23,24)25;2-1(3)4/h3-9,16,28H,2H2,1H3;(H2,2,3,4). The van der Waals surface area contributed by atoms with Crippen molar-refractivity contribution in [3.05, 3.63) is 70.7 Å². The summed E-state index contributed by atoms with van der Waals surface area (Å²) in [5.74, 6) is 0. The molecular weight excluding hydrogens is 446 g/mol. The number of para-hydroxylation sites is 1. The van der Waals surface area contributed by atoms with E-state index < -0.39 is 41.4 Å². The summed E-state index contributed by atoms with van der Waals surface area (Å²) in [7, 11) is 0. The molecule has 2 aromatic heterocycles. The predicted molar refractivity (Wildman–Crippen MR) is 100 cm³/mol. The minimum Gasteiger partial charge on any atom is -0.450 e. The van der Waals surface area contributed by atoms with Gasteiger partial charge in [0.25, 0.3) is 0 Å². The molecule has 0 bridgehead atoms. The van der Waals surface area contributed by atoms with E-state index in [0.717, 1.165) is 6.07 Å². The molecule has 32 heavy (non-hydrogen) atoms. The minimum atomic E-state index is -4.99. The number of carbonyl (C=O) groups is 1. The van der Waals surface area contributed by atoms with Gasteiger partial charge in [-0.2, -0.15) is 26.3 Å². The second kappa shape index (κ2) is 9.39. The highest BCUT2D eigenvalue weighted by Gasteiger charge is 2.40. The summed E-state index contributed by atoms with van der Waals surface area (Å²) in [6.45, 7) is 1.42. The number of pyridine rings is 2. The van der Waals surface area contributed by atoms with Gasteiger partial charge in [0, 0.05) is 17.1 Å². The highest BCUT2D eigenvalue weighted by Crippen LogP contribution is 2.42. The fourth-order valence-electron chi connectivity index (χ4n) is 3.17. The number of rotatable bonds is 3. The predicted octanol–water partition coefficient (Wildman–Crippen LogP) is 5.53. The molecule has 1 atom stereocenters. The van der Waals surface area contributed by atoms with Gasteiger partial charge in [0.2, 0.25) is 0 Å². The van der Waals surface area contributed by atoms with E-state index in [4.69, 9.17) is 15.0 Å². The van der Waals surface area contributed by atoms with Crippen LogP contribution >= 0.6 is 0 Å². The van der Waals surface area contributed by atoms with Gasteiger partial charge in [-0.25, -0.2) is 9.78 Å². The third kappa shape index (κ3) is 5.44. The van der Waals surface area contributed by atoms with Crippen molar-refractivity contribution in [3.63, 3.8) is 0 Å². The van der Waals surface area contributed by atoms with Crippen LogP contribution < -0.4 is 0 Å². The van der Waals surface area contributed by atoms with Gasteiger partial charge in [-0.1, -0.05) is 25.1 Å². The Bertz CT molecular complexity index is 1100. The molecule has 0 spiro atoms. The molecule has 1 aromatic carbocycles. The highest BCUT2D eigenvalue weighted by atomic mass is 19.4. The van der Waals surface area contributed by atoms with E-state index in [-0.39, 0.29) is 28.6 Å². The van der Waals surface area contributed by atoms with Crippen LogP contribution in [0, 0.1) is 0 Å². The molecule has 0 saturated heterocycles. The maximum Gasteiger partial charge on any atom is 0.503 e. The maximum absolute atomic E-state index is 13.6. The van der Waals surface area contributed by atoms with Crippen LogP contribution in [-0.2, 0) is 18.8 Å². The fourth-order valence-corrected chi connectivity index (χ4v) is 3.17. The Morgan fingerprint density at radius 2 is 1.62 bits per heavy atom. The molecule has 12 heteroatoms. The third-order valence-corrected chi connectivity index (χ3v) is 4.33. The molecule has 6 nitrogen and oxygen atoms in total. The van der Waals surface area contributed by atoms with E-state index in [2.05, 4.69) is 9.97 Å². The van der Waals surface area contributed by atoms with Gasteiger partial charge in [-0.3, -0.25) is 4.98 Å². The Morgan fingerprint density at radius 3 is 2.09 bits per heavy atom. The summed E-state index contributed by atoms with van der Waals surface area (Å²) in [5.41, 5.74) is -4.21. The van der Waals surface area contributed by atoms with E-state index in [1.54, 1.807) is 6.07 Å². The number of aliphatic hydroxyl groups is 1. The smallest absolute Gasteiger partial charge is 0.450 e. The molecular formula is C20H16F6N2O4. The average molecular weight is 462 g/mol. The van der Waals surface area contributed by atoms with Crippen LogP contribution in [0.5, 0.6) is 0 Å². The molecule has 3 N–H and O–H groups in total. The Hall–Kier alpha value is -3.41. The first kappa shape index (κ1) is 24.9. The minimum absolute atomic E-state index is 0.0234. The van der Waals surface area contributed by atoms with Crippen molar-refractivity contribution in [1.29, 1.82) is 0 Å².